The monoisotopic (exact) mass is 341 g/mol. The number of aromatic amines is 1. The van der Waals surface area contributed by atoms with Crippen molar-refractivity contribution in [2.75, 3.05) is 12.4 Å². The molecule has 0 atom stereocenters. The molecule has 6 heteroatoms. The molecule has 2 N–H and O–H groups in total. The van der Waals surface area contributed by atoms with Crippen LogP contribution < -0.4 is 10.1 Å². The third kappa shape index (κ3) is 3.58. The Kier molecular flexibility index (Phi) is 4.82. The maximum atomic E-state index is 12.2. The van der Waals surface area contributed by atoms with Gasteiger partial charge in [-0.1, -0.05) is 29.8 Å². The van der Waals surface area contributed by atoms with Crippen molar-refractivity contribution in [1.82, 2.24) is 10.2 Å². The van der Waals surface area contributed by atoms with E-state index in [0.717, 1.165) is 16.7 Å². The normalized spacial score (nSPS) is 10.4. The number of aromatic nitrogens is 2. The molecule has 3 aromatic rings. The first-order valence-corrected chi connectivity index (χ1v) is 7.75. The zero-order valence-corrected chi connectivity index (χ0v) is 13.8. The molecule has 0 fully saturated rings. The number of benzene rings is 2. The molecule has 0 aliphatic carbocycles. The van der Waals surface area contributed by atoms with Gasteiger partial charge in [0.1, 0.15) is 5.75 Å². The third-order valence-electron chi connectivity index (χ3n) is 3.60. The molecule has 2 aromatic carbocycles. The van der Waals surface area contributed by atoms with Crippen LogP contribution in [0.3, 0.4) is 0 Å². The minimum absolute atomic E-state index is 0.138. The van der Waals surface area contributed by atoms with Gasteiger partial charge < -0.3 is 10.1 Å². The number of carbonyl (C=O) groups excluding carboxylic acids is 1. The number of nitrogens with zero attached hydrogens (tertiary/aromatic N) is 1. The highest BCUT2D eigenvalue weighted by Gasteiger charge is 2.11. The lowest BCUT2D eigenvalue weighted by Crippen LogP contribution is -2.14. The first kappa shape index (κ1) is 16.1. The zero-order valence-electron chi connectivity index (χ0n) is 13.0. The number of methoxy groups -OCH3 is 1. The lowest BCUT2D eigenvalue weighted by atomic mass is 10.1. The topological polar surface area (TPSA) is 67.0 Å². The van der Waals surface area contributed by atoms with E-state index in [2.05, 4.69) is 15.5 Å². The van der Waals surface area contributed by atoms with E-state index in [9.17, 15) is 4.79 Å². The number of H-pyrrole nitrogens is 1. The first-order valence-electron chi connectivity index (χ1n) is 7.38. The molecule has 0 unspecified atom stereocenters. The Labute approximate surface area is 144 Å². The molecular weight excluding hydrogens is 326 g/mol. The molecule has 0 radical (unpaired) electrons. The summed E-state index contributed by atoms with van der Waals surface area (Å²) in [6.07, 6.45) is 3.71. The lowest BCUT2D eigenvalue weighted by Gasteiger charge is -2.11. The fourth-order valence-electron chi connectivity index (χ4n) is 2.43. The van der Waals surface area contributed by atoms with Crippen molar-refractivity contribution in [2.24, 2.45) is 0 Å². The highest BCUT2D eigenvalue weighted by Crippen LogP contribution is 2.31. The van der Waals surface area contributed by atoms with Gasteiger partial charge in [-0.25, -0.2) is 0 Å². The van der Waals surface area contributed by atoms with Crippen LogP contribution in [0.1, 0.15) is 5.56 Å². The Balaban J connectivity index is 1.76. The van der Waals surface area contributed by atoms with E-state index < -0.39 is 0 Å². The largest absolute Gasteiger partial charge is 0.496 e. The van der Waals surface area contributed by atoms with Gasteiger partial charge in [-0.15, -0.1) is 0 Å². The van der Waals surface area contributed by atoms with Crippen LogP contribution in [0.5, 0.6) is 5.75 Å². The quantitative estimate of drug-likeness (QED) is 0.739. The number of hydrogen-bond acceptors (Lipinski definition) is 3. The van der Waals surface area contributed by atoms with E-state index >= 15 is 0 Å². The van der Waals surface area contributed by atoms with Gasteiger partial charge in [-0.2, -0.15) is 5.10 Å². The number of halogens is 1. The molecule has 3 rings (SSSR count). The van der Waals surface area contributed by atoms with Crippen LogP contribution in [0, 0.1) is 0 Å². The van der Waals surface area contributed by atoms with Crippen molar-refractivity contribution in [1.29, 1.82) is 0 Å². The van der Waals surface area contributed by atoms with Crippen molar-refractivity contribution in [3.8, 4) is 16.9 Å². The number of ether oxygens (including phenoxy) is 1. The minimum atomic E-state index is -0.138. The zero-order chi connectivity index (χ0) is 16.9. The number of anilines is 1. The van der Waals surface area contributed by atoms with E-state index in [-0.39, 0.29) is 12.3 Å². The fourth-order valence-corrected chi connectivity index (χ4v) is 2.63. The second-order valence-electron chi connectivity index (χ2n) is 5.22. The van der Waals surface area contributed by atoms with Gasteiger partial charge in [0.2, 0.25) is 5.91 Å². The summed E-state index contributed by atoms with van der Waals surface area (Å²) in [6, 6.07) is 12.8. The van der Waals surface area contributed by atoms with E-state index in [4.69, 9.17) is 16.3 Å². The summed E-state index contributed by atoms with van der Waals surface area (Å²) in [5.74, 6) is 0.521. The molecule has 0 aliphatic rings. The Bertz CT molecular complexity index is 847. The summed E-state index contributed by atoms with van der Waals surface area (Å²) in [4.78, 5) is 12.2. The highest BCUT2D eigenvalue weighted by atomic mass is 35.5. The second kappa shape index (κ2) is 7.19. The summed E-state index contributed by atoms with van der Waals surface area (Å²) >= 11 is 6.09. The second-order valence-corrected chi connectivity index (χ2v) is 5.63. The summed E-state index contributed by atoms with van der Waals surface area (Å²) in [6.45, 7) is 0. The molecule has 0 saturated carbocycles. The van der Waals surface area contributed by atoms with E-state index in [0.29, 0.717) is 16.5 Å². The van der Waals surface area contributed by atoms with Crippen LogP contribution in [0.4, 0.5) is 5.69 Å². The molecule has 122 valence electrons. The van der Waals surface area contributed by atoms with Gasteiger partial charge in [0.05, 0.1) is 19.7 Å². The summed E-state index contributed by atoms with van der Waals surface area (Å²) in [5.41, 5.74) is 3.27. The van der Waals surface area contributed by atoms with Crippen LogP contribution in [-0.2, 0) is 11.2 Å². The SMILES string of the molecule is COc1cc(NC(=O)Cc2ccccc2Cl)ccc1-c1cn[nH]c1. The summed E-state index contributed by atoms with van der Waals surface area (Å²) in [5, 5.41) is 10.2. The average molecular weight is 342 g/mol. The number of nitrogens with one attached hydrogen (secondary N) is 2. The lowest BCUT2D eigenvalue weighted by molar-refractivity contribution is -0.115. The van der Waals surface area contributed by atoms with Crippen LogP contribution in [0.25, 0.3) is 11.1 Å². The van der Waals surface area contributed by atoms with E-state index in [1.807, 2.05) is 30.3 Å². The van der Waals surface area contributed by atoms with Gasteiger partial charge in [0.15, 0.2) is 0 Å². The summed E-state index contributed by atoms with van der Waals surface area (Å²) in [7, 11) is 1.59. The standard InChI is InChI=1S/C18H16ClN3O2/c1-24-17-9-14(6-7-15(17)13-10-20-21-11-13)22-18(23)8-12-4-2-3-5-16(12)19/h2-7,9-11H,8H2,1H3,(H,20,21)(H,22,23). The molecule has 0 aliphatic heterocycles. The number of carbonyl (C=O) groups is 1. The molecule has 1 amide bonds. The smallest absolute Gasteiger partial charge is 0.228 e. The van der Waals surface area contributed by atoms with Gasteiger partial charge >= 0.3 is 0 Å². The van der Waals surface area contributed by atoms with Crippen molar-refractivity contribution < 1.29 is 9.53 Å². The molecule has 0 bridgehead atoms. The molecular formula is C18H16ClN3O2. The predicted molar refractivity (Wildman–Crippen MR) is 94.4 cm³/mol. The molecule has 5 nitrogen and oxygen atoms in total. The minimum Gasteiger partial charge on any atom is -0.496 e. The maximum absolute atomic E-state index is 12.2. The Morgan fingerprint density at radius 1 is 1.29 bits per heavy atom. The van der Waals surface area contributed by atoms with Crippen LogP contribution in [-0.4, -0.2) is 23.2 Å². The van der Waals surface area contributed by atoms with Crippen molar-refractivity contribution in [3.63, 3.8) is 0 Å². The fraction of sp³-hybridized carbons (Fsp3) is 0.111. The number of hydrogen-bond donors (Lipinski definition) is 2. The number of rotatable bonds is 5. The number of amides is 1. The molecule has 0 spiro atoms. The Morgan fingerprint density at radius 3 is 2.83 bits per heavy atom. The van der Waals surface area contributed by atoms with Gasteiger partial charge in [-0.05, 0) is 23.8 Å². The molecule has 24 heavy (non-hydrogen) atoms. The third-order valence-corrected chi connectivity index (χ3v) is 3.97. The van der Waals surface area contributed by atoms with Crippen molar-refractivity contribution in [2.45, 2.75) is 6.42 Å². The molecule has 1 heterocycles. The van der Waals surface area contributed by atoms with Crippen molar-refractivity contribution in [3.05, 3.63) is 65.4 Å². The van der Waals surface area contributed by atoms with Crippen LogP contribution >= 0.6 is 11.6 Å². The maximum Gasteiger partial charge on any atom is 0.228 e. The van der Waals surface area contributed by atoms with Gasteiger partial charge in [-0.3, -0.25) is 9.89 Å². The highest BCUT2D eigenvalue weighted by molar-refractivity contribution is 6.31. The Morgan fingerprint density at radius 2 is 2.12 bits per heavy atom. The van der Waals surface area contributed by atoms with E-state index in [1.165, 1.54) is 0 Å². The van der Waals surface area contributed by atoms with Crippen molar-refractivity contribution >= 4 is 23.2 Å². The first-order chi connectivity index (χ1) is 11.7. The van der Waals surface area contributed by atoms with Crippen LogP contribution in [0.2, 0.25) is 5.02 Å². The predicted octanol–water partition coefficient (Wildman–Crippen LogP) is 3.92. The Hall–Kier alpha value is -2.79. The van der Waals surface area contributed by atoms with E-state index in [1.54, 1.807) is 31.6 Å². The van der Waals surface area contributed by atoms with Gasteiger partial charge in [0.25, 0.3) is 0 Å². The summed E-state index contributed by atoms with van der Waals surface area (Å²) < 4.78 is 5.41. The molecule has 0 saturated heterocycles. The van der Waals surface area contributed by atoms with Crippen LogP contribution in [0.15, 0.2) is 54.9 Å². The van der Waals surface area contributed by atoms with Gasteiger partial charge in [0, 0.05) is 34.1 Å². The average Bonchev–Trinajstić information content (AvgIpc) is 3.11. The molecule has 1 aromatic heterocycles.